The van der Waals surface area contributed by atoms with Crippen molar-refractivity contribution in [1.82, 2.24) is 10.0 Å². The van der Waals surface area contributed by atoms with Crippen molar-refractivity contribution in [3.8, 4) is 0 Å². The average molecular weight is 376 g/mol. The number of nitrogens with one attached hydrogen (secondary N) is 2. The van der Waals surface area contributed by atoms with E-state index in [-0.39, 0.29) is 36.2 Å². The minimum absolute atomic E-state index is 0. The highest BCUT2D eigenvalue weighted by atomic mass is 35.5. The highest BCUT2D eigenvalue weighted by Crippen LogP contribution is 2.28. The molecular formula is C16H26ClN3O3S. The number of rotatable bonds is 7. The molecule has 1 amide bonds. The molecule has 1 aliphatic carbocycles. The van der Waals surface area contributed by atoms with E-state index >= 15 is 0 Å². The second-order valence-corrected chi connectivity index (χ2v) is 8.16. The van der Waals surface area contributed by atoms with Gasteiger partial charge in [0.2, 0.25) is 10.0 Å². The summed E-state index contributed by atoms with van der Waals surface area (Å²) < 4.78 is 25.3. The predicted octanol–water partition coefficient (Wildman–Crippen LogP) is 1.55. The summed E-state index contributed by atoms with van der Waals surface area (Å²) in [6.07, 6.45) is 4.03. The van der Waals surface area contributed by atoms with Crippen LogP contribution in [-0.2, 0) is 16.6 Å². The maximum Gasteiger partial charge on any atom is 0.251 e. The molecule has 136 valence electrons. The largest absolute Gasteiger partial charge is 0.345 e. The fourth-order valence-corrected chi connectivity index (χ4v) is 3.40. The van der Waals surface area contributed by atoms with Crippen LogP contribution < -0.4 is 15.8 Å². The van der Waals surface area contributed by atoms with Crippen LogP contribution in [0.5, 0.6) is 0 Å². The van der Waals surface area contributed by atoms with E-state index in [0.717, 1.165) is 31.2 Å². The molecule has 1 aromatic carbocycles. The molecule has 0 aromatic heterocycles. The van der Waals surface area contributed by atoms with Crippen LogP contribution in [0.1, 0.15) is 48.5 Å². The predicted molar refractivity (Wildman–Crippen MR) is 97.7 cm³/mol. The number of carbonyl (C=O) groups is 1. The third-order valence-corrected chi connectivity index (χ3v) is 5.77. The molecule has 0 bridgehead atoms. The molecule has 1 saturated carbocycles. The van der Waals surface area contributed by atoms with Crippen LogP contribution in [0, 0.1) is 0 Å². The lowest BCUT2D eigenvalue weighted by Gasteiger charge is -2.28. The zero-order valence-electron chi connectivity index (χ0n) is 13.9. The standard InChI is InChI=1S/C16H25N3O3S.ClH/c1-2-23(21,22)18-11-13-5-7-14(8-6-13)15(20)19-16(12-17)9-3-4-10-16;/h5-8,18H,2-4,9-12,17H2,1H3,(H,19,20);1H. The van der Waals surface area contributed by atoms with Crippen molar-refractivity contribution in [2.24, 2.45) is 5.73 Å². The van der Waals surface area contributed by atoms with E-state index in [1.54, 1.807) is 31.2 Å². The first-order valence-electron chi connectivity index (χ1n) is 7.98. The SMILES string of the molecule is CCS(=O)(=O)NCc1ccc(C(=O)NC2(CN)CCCC2)cc1.Cl. The second kappa shape index (κ2) is 8.80. The molecular weight excluding hydrogens is 350 g/mol. The number of benzene rings is 1. The monoisotopic (exact) mass is 375 g/mol. The van der Waals surface area contributed by atoms with Crippen molar-refractivity contribution < 1.29 is 13.2 Å². The number of amides is 1. The fraction of sp³-hybridized carbons (Fsp3) is 0.562. The fourth-order valence-electron chi connectivity index (χ4n) is 2.81. The van der Waals surface area contributed by atoms with E-state index in [1.165, 1.54) is 0 Å². The van der Waals surface area contributed by atoms with Gasteiger partial charge in [0.15, 0.2) is 0 Å². The number of carbonyl (C=O) groups excluding carboxylic acids is 1. The maximum atomic E-state index is 12.4. The molecule has 0 radical (unpaired) electrons. The molecule has 8 heteroatoms. The Bertz CT molecular complexity index is 641. The van der Waals surface area contributed by atoms with E-state index in [4.69, 9.17) is 5.73 Å². The Morgan fingerprint density at radius 2 is 1.79 bits per heavy atom. The number of nitrogens with two attached hydrogens (primary N) is 1. The molecule has 0 heterocycles. The van der Waals surface area contributed by atoms with Crippen molar-refractivity contribution >= 4 is 28.3 Å². The highest BCUT2D eigenvalue weighted by molar-refractivity contribution is 7.89. The Hall–Kier alpha value is -1.15. The summed E-state index contributed by atoms with van der Waals surface area (Å²) in [6, 6.07) is 6.95. The summed E-state index contributed by atoms with van der Waals surface area (Å²) in [7, 11) is -3.21. The van der Waals surface area contributed by atoms with E-state index in [1.807, 2.05) is 0 Å². The summed E-state index contributed by atoms with van der Waals surface area (Å²) in [5, 5.41) is 3.07. The summed E-state index contributed by atoms with van der Waals surface area (Å²) in [6.45, 7) is 2.27. The van der Waals surface area contributed by atoms with Crippen molar-refractivity contribution in [2.75, 3.05) is 12.3 Å². The van der Waals surface area contributed by atoms with Gasteiger partial charge >= 0.3 is 0 Å². The van der Waals surface area contributed by atoms with Gasteiger partial charge in [0.25, 0.3) is 5.91 Å². The topological polar surface area (TPSA) is 101 Å². The minimum atomic E-state index is -3.21. The van der Waals surface area contributed by atoms with E-state index < -0.39 is 10.0 Å². The molecule has 0 saturated heterocycles. The number of halogens is 1. The lowest BCUT2D eigenvalue weighted by Crippen LogP contribution is -2.51. The highest BCUT2D eigenvalue weighted by Gasteiger charge is 2.33. The first kappa shape index (κ1) is 20.9. The van der Waals surface area contributed by atoms with Gasteiger partial charge < -0.3 is 11.1 Å². The van der Waals surface area contributed by atoms with Gasteiger partial charge in [-0.2, -0.15) is 0 Å². The second-order valence-electron chi connectivity index (χ2n) is 6.07. The summed E-state index contributed by atoms with van der Waals surface area (Å²) in [5.74, 6) is -0.0766. The van der Waals surface area contributed by atoms with Gasteiger partial charge in [0.1, 0.15) is 0 Å². The van der Waals surface area contributed by atoms with E-state index in [2.05, 4.69) is 10.0 Å². The zero-order chi connectivity index (χ0) is 16.9. The van der Waals surface area contributed by atoms with Crippen LogP contribution >= 0.6 is 12.4 Å². The first-order chi connectivity index (χ1) is 10.9. The zero-order valence-corrected chi connectivity index (χ0v) is 15.5. The van der Waals surface area contributed by atoms with E-state index in [9.17, 15) is 13.2 Å². The molecule has 24 heavy (non-hydrogen) atoms. The van der Waals surface area contributed by atoms with Crippen molar-refractivity contribution in [3.63, 3.8) is 0 Å². The Labute approximate surface area is 150 Å². The van der Waals surface area contributed by atoms with Crippen LogP contribution in [0.25, 0.3) is 0 Å². The quantitative estimate of drug-likeness (QED) is 0.672. The molecule has 1 fully saturated rings. The Morgan fingerprint density at radius 1 is 1.21 bits per heavy atom. The third kappa shape index (κ3) is 5.44. The number of hydrogen-bond acceptors (Lipinski definition) is 4. The number of hydrogen-bond donors (Lipinski definition) is 3. The summed E-state index contributed by atoms with van der Waals surface area (Å²) in [5.41, 5.74) is 6.94. The molecule has 0 unspecified atom stereocenters. The van der Waals surface area contributed by atoms with Crippen LogP contribution in [0.15, 0.2) is 24.3 Å². The molecule has 4 N–H and O–H groups in total. The van der Waals surface area contributed by atoms with Crippen molar-refractivity contribution in [3.05, 3.63) is 35.4 Å². The number of sulfonamides is 1. The van der Waals surface area contributed by atoms with Gasteiger partial charge in [-0.05, 0) is 37.5 Å². The Kier molecular flexibility index (Phi) is 7.66. The Balaban J connectivity index is 0.00000288. The third-order valence-electron chi connectivity index (χ3n) is 4.42. The molecule has 6 nitrogen and oxygen atoms in total. The van der Waals surface area contributed by atoms with Crippen LogP contribution in [0.2, 0.25) is 0 Å². The minimum Gasteiger partial charge on any atom is -0.345 e. The van der Waals surface area contributed by atoms with Gasteiger partial charge in [0.05, 0.1) is 11.3 Å². The lowest BCUT2D eigenvalue weighted by atomic mass is 9.97. The van der Waals surface area contributed by atoms with Crippen molar-refractivity contribution in [1.29, 1.82) is 0 Å². The van der Waals surface area contributed by atoms with Gasteiger partial charge in [-0.25, -0.2) is 13.1 Å². The summed E-state index contributed by atoms with van der Waals surface area (Å²) >= 11 is 0. The van der Waals surface area contributed by atoms with Crippen LogP contribution in [-0.4, -0.2) is 32.2 Å². The molecule has 0 atom stereocenters. The van der Waals surface area contributed by atoms with Crippen LogP contribution in [0.3, 0.4) is 0 Å². The summed E-state index contributed by atoms with van der Waals surface area (Å²) in [4.78, 5) is 12.4. The first-order valence-corrected chi connectivity index (χ1v) is 9.64. The van der Waals surface area contributed by atoms with Gasteiger partial charge in [-0.3, -0.25) is 4.79 Å². The molecule has 1 aromatic rings. The molecule has 0 aliphatic heterocycles. The van der Waals surface area contributed by atoms with Gasteiger partial charge in [-0.15, -0.1) is 12.4 Å². The molecule has 1 aliphatic rings. The average Bonchev–Trinajstić information content (AvgIpc) is 3.02. The smallest absolute Gasteiger partial charge is 0.251 e. The Morgan fingerprint density at radius 3 is 2.29 bits per heavy atom. The molecule has 0 spiro atoms. The van der Waals surface area contributed by atoms with E-state index in [0.29, 0.717) is 12.1 Å². The molecule has 2 rings (SSSR count). The van der Waals surface area contributed by atoms with Crippen LogP contribution in [0.4, 0.5) is 0 Å². The lowest BCUT2D eigenvalue weighted by molar-refractivity contribution is 0.0903. The maximum absolute atomic E-state index is 12.4. The van der Waals surface area contributed by atoms with Gasteiger partial charge in [0, 0.05) is 18.7 Å². The van der Waals surface area contributed by atoms with Gasteiger partial charge in [-0.1, -0.05) is 25.0 Å². The normalized spacial score (nSPS) is 16.4. The van der Waals surface area contributed by atoms with Crippen molar-refractivity contribution in [2.45, 2.75) is 44.7 Å².